The topological polar surface area (TPSA) is 108 Å². The van der Waals surface area contributed by atoms with E-state index in [1.54, 1.807) is 61.7 Å². The van der Waals surface area contributed by atoms with Gasteiger partial charge in [-0.25, -0.2) is 4.79 Å². The van der Waals surface area contributed by atoms with Crippen LogP contribution in [0.5, 0.6) is 23.0 Å². The molecule has 3 aromatic carbocycles. The van der Waals surface area contributed by atoms with E-state index in [4.69, 9.17) is 24.1 Å². The predicted octanol–water partition coefficient (Wildman–Crippen LogP) is 4.22. The van der Waals surface area contributed by atoms with Crippen molar-refractivity contribution in [3.8, 4) is 23.0 Å². The third kappa shape index (κ3) is 4.21. The van der Waals surface area contributed by atoms with Crippen LogP contribution in [0.1, 0.15) is 39.4 Å². The summed E-state index contributed by atoms with van der Waals surface area (Å²) in [4.78, 5) is 36.6. The minimum Gasteiger partial charge on any atom is -0.497 e. The van der Waals surface area contributed by atoms with Gasteiger partial charge in [-0.3, -0.25) is 9.59 Å². The average molecular weight is 472 g/mol. The summed E-state index contributed by atoms with van der Waals surface area (Å²) in [6, 6.07) is 17.2. The monoisotopic (exact) mass is 472 g/mol. The Balaban J connectivity index is 1.57. The van der Waals surface area contributed by atoms with Gasteiger partial charge in [0.15, 0.2) is 12.4 Å². The van der Waals surface area contributed by atoms with E-state index in [2.05, 4.69) is 0 Å². The van der Waals surface area contributed by atoms with Crippen LogP contribution in [-0.4, -0.2) is 36.5 Å². The number of hydrogen-bond acceptors (Lipinski definition) is 7. The first-order chi connectivity index (χ1) is 16.9. The molecular weight excluding hydrogens is 452 g/mol. The van der Waals surface area contributed by atoms with E-state index < -0.39 is 24.5 Å². The molecule has 8 nitrogen and oxygen atoms in total. The van der Waals surface area contributed by atoms with Crippen molar-refractivity contribution in [2.75, 3.05) is 13.7 Å². The maximum atomic E-state index is 13.1. The molecule has 3 aromatic rings. The van der Waals surface area contributed by atoms with Crippen molar-refractivity contribution in [3.05, 3.63) is 88.7 Å². The Hall–Kier alpha value is -4.59. The van der Waals surface area contributed by atoms with Gasteiger partial charge in [-0.05, 0) is 42.0 Å². The van der Waals surface area contributed by atoms with E-state index in [9.17, 15) is 14.4 Å². The minimum atomic E-state index is -1.12. The van der Waals surface area contributed by atoms with Gasteiger partial charge < -0.3 is 24.1 Å². The number of para-hydroxylation sites is 1. The number of ketones is 1. The summed E-state index contributed by atoms with van der Waals surface area (Å²) in [5, 5.41) is 9.04. The second-order valence-corrected chi connectivity index (χ2v) is 8.02. The zero-order valence-corrected chi connectivity index (χ0v) is 18.6. The fraction of sp³-hybridized carbons (Fsp3) is 0.148. The van der Waals surface area contributed by atoms with E-state index >= 15 is 0 Å². The van der Waals surface area contributed by atoms with Crippen molar-refractivity contribution in [3.63, 3.8) is 0 Å². The Morgan fingerprint density at radius 2 is 1.83 bits per heavy atom. The lowest BCUT2D eigenvalue weighted by atomic mass is 9.84. The second-order valence-electron chi connectivity index (χ2n) is 8.02. The van der Waals surface area contributed by atoms with Crippen LogP contribution >= 0.6 is 0 Å². The average Bonchev–Trinajstić information content (AvgIpc) is 3.17. The Labute approximate surface area is 200 Å². The summed E-state index contributed by atoms with van der Waals surface area (Å²) in [6.07, 6.45) is 1.62. The normalized spacial score (nSPS) is 17.3. The molecule has 2 heterocycles. The molecule has 0 radical (unpaired) electrons. The van der Waals surface area contributed by atoms with E-state index in [1.807, 2.05) is 12.1 Å². The molecule has 0 saturated carbocycles. The predicted molar refractivity (Wildman–Crippen MR) is 124 cm³/mol. The highest BCUT2D eigenvalue weighted by Crippen LogP contribution is 2.50. The van der Waals surface area contributed by atoms with E-state index in [0.717, 1.165) is 5.56 Å². The number of rotatable bonds is 6. The van der Waals surface area contributed by atoms with Gasteiger partial charge in [0.1, 0.15) is 23.0 Å². The number of hydrogen-bond donors (Lipinski definition) is 1. The number of Topliss-reactive ketones (excluding diaryl/α,β-unsaturated/α-hetero) is 1. The second kappa shape index (κ2) is 8.98. The summed E-state index contributed by atoms with van der Waals surface area (Å²) in [6.45, 7) is -0.530. The number of benzene rings is 3. The fourth-order valence-corrected chi connectivity index (χ4v) is 4.26. The number of fused-ring (bicyclic) bond motifs is 3. The summed E-state index contributed by atoms with van der Waals surface area (Å²) < 4.78 is 22.2. The number of carboxylic acid groups (broad SMARTS) is 1. The number of carbonyl (C=O) groups is 3. The molecule has 1 N–H and O–H groups in total. The molecule has 2 aliphatic rings. The first-order valence-electron chi connectivity index (χ1n) is 10.8. The number of carboxylic acids is 1. The number of carbonyl (C=O) groups excluding carboxylic acids is 2. The highest BCUT2D eigenvalue weighted by molar-refractivity contribution is 6.15. The van der Waals surface area contributed by atoms with Gasteiger partial charge in [-0.15, -0.1) is 0 Å². The summed E-state index contributed by atoms with van der Waals surface area (Å²) in [5.74, 6) is -0.642. The van der Waals surface area contributed by atoms with Crippen LogP contribution < -0.4 is 18.9 Å². The molecule has 0 saturated heterocycles. The maximum Gasteiger partial charge on any atom is 0.341 e. The van der Waals surface area contributed by atoms with Crippen LogP contribution in [0.2, 0.25) is 0 Å². The lowest BCUT2D eigenvalue weighted by Gasteiger charge is -2.27. The quantitative estimate of drug-likeness (QED) is 0.323. The molecule has 0 bridgehead atoms. The van der Waals surface area contributed by atoms with Gasteiger partial charge in [0, 0.05) is 17.0 Å². The Morgan fingerprint density at radius 3 is 2.57 bits per heavy atom. The molecule has 0 aliphatic carbocycles. The Bertz CT molecular complexity index is 1370. The molecule has 2 aliphatic heterocycles. The van der Waals surface area contributed by atoms with Crippen molar-refractivity contribution in [2.24, 2.45) is 0 Å². The molecule has 0 unspecified atom stereocenters. The van der Waals surface area contributed by atoms with Gasteiger partial charge in [0.05, 0.1) is 19.1 Å². The van der Waals surface area contributed by atoms with Crippen LogP contribution in [0.4, 0.5) is 0 Å². The Kier molecular flexibility index (Phi) is 5.70. The molecule has 0 aromatic heterocycles. The number of aliphatic carboxylic acids is 1. The van der Waals surface area contributed by atoms with Crippen molar-refractivity contribution in [2.45, 2.75) is 12.3 Å². The molecule has 176 valence electrons. The fourth-order valence-electron chi connectivity index (χ4n) is 4.26. The van der Waals surface area contributed by atoms with Crippen molar-refractivity contribution >= 4 is 23.8 Å². The van der Waals surface area contributed by atoms with Gasteiger partial charge in [-0.1, -0.05) is 30.3 Å². The van der Waals surface area contributed by atoms with Gasteiger partial charge in [-0.2, -0.15) is 0 Å². The molecule has 0 fully saturated rings. The van der Waals surface area contributed by atoms with E-state index in [-0.39, 0.29) is 23.7 Å². The first kappa shape index (κ1) is 22.2. The highest BCUT2D eigenvalue weighted by atomic mass is 16.5. The molecule has 5 rings (SSSR count). The van der Waals surface area contributed by atoms with Gasteiger partial charge in [0.25, 0.3) is 0 Å². The molecule has 0 spiro atoms. The third-order valence-corrected chi connectivity index (χ3v) is 5.84. The van der Waals surface area contributed by atoms with Crippen molar-refractivity contribution in [1.29, 1.82) is 0 Å². The minimum absolute atomic E-state index is 0.0218. The highest BCUT2D eigenvalue weighted by Gasteiger charge is 2.39. The molecule has 8 heteroatoms. The molecule has 1 atom stereocenters. The summed E-state index contributed by atoms with van der Waals surface area (Å²) >= 11 is 0. The molecule has 35 heavy (non-hydrogen) atoms. The van der Waals surface area contributed by atoms with Crippen LogP contribution in [-0.2, 0) is 9.59 Å². The van der Waals surface area contributed by atoms with E-state index in [0.29, 0.717) is 33.9 Å². The standard InChI is InChI=1S/C27H20O8/c1-32-16-8-6-15(7-9-16)12-22-26(31)18-10-11-21-25(27(18)35-22)19(13-24(30)34-21)17-4-2-3-5-20(17)33-14-23(28)29/h2-12,19H,13-14H2,1H3,(H,28,29)/b22-12-/t19-/m0/s1. The largest absolute Gasteiger partial charge is 0.497 e. The third-order valence-electron chi connectivity index (χ3n) is 5.84. The molecule has 0 amide bonds. The van der Waals surface area contributed by atoms with Crippen molar-refractivity contribution in [1.82, 2.24) is 0 Å². The van der Waals surface area contributed by atoms with Crippen LogP contribution in [0.3, 0.4) is 0 Å². The number of methoxy groups -OCH3 is 1. The van der Waals surface area contributed by atoms with Gasteiger partial charge >= 0.3 is 11.9 Å². The van der Waals surface area contributed by atoms with Crippen LogP contribution in [0, 0.1) is 0 Å². The zero-order valence-electron chi connectivity index (χ0n) is 18.6. The van der Waals surface area contributed by atoms with E-state index in [1.165, 1.54) is 0 Å². The molecular formula is C27H20O8. The van der Waals surface area contributed by atoms with Crippen LogP contribution in [0.15, 0.2) is 66.4 Å². The zero-order chi connectivity index (χ0) is 24.5. The Morgan fingerprint density at radius 1 is 1.06 bits per heavy atom. The number of allylic oxidation sites excluding steroid dienone is 1. The summed E-state index contributed by atoms with van der Waals surface area (Å²) in [5.41, 5.74) is 2.25. The lowest BCUT2D eigenvalue weighted by Crippen LogP contribution is -2.22. The lowest BCUT2D eigenvalue weighted by molar-refractivity contribution is -0.139. The maximum absolute atomic E-state index is 13.1. The number of esters is 1. The van der Waals surface area contributed by atoms with Crippen molar-refractivity contribution < 1.29 is 38.4 Å². The first-order valence-corrected chi connectivity index (χ1v) is 10.8. The SMILES string of the molecule is COc1ccc(/C=C2\Oc3c(ccc4c3[C@H](c3ccccc3OCC(=O)O)CC(=O)O4)C2=O)cc1. The smallest absolute Gasteiger partial charge is 0.341 e. The summed E-state index contributed by atoms with van der Waals surface area (Å²) in [7, 11) is 1.57. The van der Waals surface area contributed by atoms with Crippen LogP contribution in [0.25, 0.3) is 6.08 Å². The number of ether oxygens (including phenoxy) is 4. The van der Waals surface area contributed by atoms with Gasteiger partial charge in [0.2, 0.25) is 5.78 Å².